The number of hydrogen-bond acceptors (Lipinski definition) is 6. The van der Waals surface area contributed by atoms with Crippen molar-refractivity contribution in [3.05, 3.63) is 86.2 Å². The van der Waals surface area contributed by atoms with E-state index in [2.05, 4.69) is 11.8 Å². The van der Waals surface area contributed by atoms with E-state index in [9.17, 15) is 14.9 Å². The van der Waals surface area contributed by atoms with Crippen LogP contribution in [0, 0.1) is 10.1 Å². The van der Waals surface area contributed by atoms with E-state index >= 15 is 0 Å². The number of non-ortho nitro benzene ring substituents is 1. The van der Waals surface area contributed by atoms with E-state index in [4.69, 9.17) is 21.4 Å². The molecule has 4 rings (SSSR count). The molecule has 1 aliphatic heterocycles. The van der Waals surface area contributed by atoms with Crippen molar-refractivity contribution in [1.82, 2.24) is 19.6 Å². The summed E-state index contributed by atoms with van der Waals surface area (Å²) in [6.07, 6.45) is 1.89. The van der Waals surface area contributed by atoms with Crippen LogP contribution in [-0.2, 0) is 24.2 Å². The van der Waals surface area contributed by atoms with Gasteiger partial charge in [0.15, 0.2) is 0 Å². The summed E-state index contributed by atoms with van der Waals surface area (Å²) >= 11 is 6.27. The number of nitrogens with zero attached hydrogens (tertiary/aromatic N) is 5. The van der Waals surface area contributed by atoms with Crippen LogP contribution in [0.3, 0.4) is 0 Å². The topological polar surface area (TPSA) is 93.7 Å². The molecule has 190 valence electrons. The van der Waals surface area contributed by atoms with Crippen molar-refractivity contribution in [3.63, 3.8) is 0 Å². The van der Waals surface area contributed by atoms with E-state index in [-0.39, 0.29) is 23.7 Å². The number of ether oxygens (including phenoxy) is 1. The summed E-state index contributed by atoms with van der Waals surface area (Å²) in [7, 11) is 1.58. The molecule has 2 aromatic carbocycles. The Labute approximate surface area is 215 Å². The third-order valence-electron chi connectivity index (χ3n) is 6.31. The fourth-order valence-corrected chi connectivity index (χ4v) is 4.75. The number of rotatable bonds is 10. The Morgan fingerprint density at radius 2 is 2.06 bits per heavy atom. The fraction of sp³-hybridized carbons (Fsp3) is 0.385. The molecule has 0 bridgehead atoms. The van der Waals surface area contributed by atoms with Crippen LogP contribution in [0.25, 0.3) is 5.69 Å². The summed E-state index contributed by atoms with van der Waals surface area (Å²) in [5.41, 5.74) is 4.06. The van der Waals surface area contributed by atoms with Crippen LogP contribution in [-0.4, -0.2) is 63.8 Å². The number of aromatic nitrogens is 2. The van der Waals surface area contributed by atoms with Gasteiger partial charge < -0.3 is 9.64 Å². The second-order valence-corrected chi connectivity index (χ2v) is 9.25. The van der Waals surface area contributed by atoms with Gasteiger partial charge in [-0.15, -0.1) is 0 Å². The van der Waals surface area contributed by atoms with Crippen LogP contribution in [0.15, 0.2) is 48.5 Å². The standard InChI is InChI=1S/C26H30ClN5O4/c1-3-11-29-12-10-25-23(17-29)24(28-31(25)21-8-5-7-20(27)16-21)18-30(13-14-36-2)26(33)19-6-4-9-22(15-19)32(34)35/h4-9,15-16H,3,10-14,17-18H2,1-2H3. The Hall–Kier alpha value is -3.27. The van der Waals surface area contributed by atoms with E-state index < -0.39 is 4.92 Å². The van der Waals surface area contributed by atoms with Crippen LogP contribution >= 0.6 is 11.6 Å². The molecule has 1 aliphatic rings. The second kappa shape index (κ2) is 11.6. The first-order valence-corrected chi connectivity index (χ1v) is 12.4. The van der Waals surface area contributed by atoms with Crippen molar-refractivity contribution in [2.75, 3.05) is 33.4 Å². The lowest BCUT2D eigenvalue weighted by molar-refractivity contribution is -0.384. The number of nitro groups is 1. The van der Waals surface area contributed by atoms with Gasteiger partial charge in [-0.1, -0.05) is 30.7 Å². The molecule has 0 saturated carbocycles. The minimum atomic E-state index is -0.498. The third kappa shape index (κ3) is 5.75. The molecule has 2 heterocycles. The van der Waals surface area contributed by atoms with Gasteiger partial charge in [0.25, 0.3) is 11.6 Å². The zero-order chi connectivity index (χ0) is 25.7. The number of methoxy groups -OCH3 is 1. The average molecular weight is 512 g/mol. The number of carbonyl (C=O) groups excluding carboxylic acids is 1. The molecule has 10 heteroatoms. The zero-order valence-corrected chi connectivity index (χ0v) is 21.3. The van der Waals surface area contributed by atoms with Crippen molar-refractivity contribution in [2.24, 2.45) is 0 Å². The van der Waals surface area contributed by atoms with E-state index in [0.29, 0.717) is 18.2 Å². The molecule has 0 saturated heterocycles. The molecule has 0 aliphatic carbocycles. The van der Waals surface area contributed by atoms with Crippen LogP contribution < -0.4 is 0 Å². The summed E-state index contributed by atoms with van der Waals surface area (Å²) in [5, 5.41) is 16.8. The van der Waals surface area contributed by atoms with E-state index in [1.807, 2.05) is 28.9 Å². The molecule has 0 atom stereocenters. The number of benzene rings is 2. The van der Waals surface area contributed by atoms with Crippen LogP contribution in [0.1, 0.15) is 40.7 Å². The van der Waals surface area contributed by atoms with E-state index in [1.165, 1.54) is 18.2 Å². The van der Waals surface area contributed by atoms with Gasteiger partial charge in [-0.05, 0) is 37.2 Å². The van der Waals surface area contributed by atoms with Crippen LogP contribution in [0.5, 0.6) is 0 Å². The van der Waals surface area contributed by atoms with Crippen molar-refractivity contribution in [2.45, 2.75) is 32.9 Å². The molecular formula is C26H30ClN5O4. The molecule has 36 heavy (non-hydrogen) atoms. The van der Waals surface area contributed by atoms with Gasteiger partial charge in [-0.3, -0.25) is 19.8 Å². The maximum Gasteiger partial charge on any atom is 0.270 e. The first-order chi connectivity index (χ1) is 17.4. The highest BCUT2D eigenvalue weighted by atomic mass is 35.5. The first-order valence-electron chi connectivity index (χ1n) is 12.0. The number of amides is 1. The van der Waals surface area contributed by atoms with Crippen LogP contribution in [0.2, 0.25) is 5.02 Å². The van der Waals surface area contributed by atoms with E-state index in [0.717, 1.165) is 55.1 Å². The van der Waals surface area contributed by atoms with Crippen molar-refractivity contribution < 1.29 is 14.5 Å². The Balaban J connectivity index is 1.71. The monoisotopic (exact) mass is 511 g/mol. The van der Waals surface area contributed by atoms with Gasteiger partial charge in [-0.2, -0.15) is 5.10 Å². The highest BCUT2D eigenvalue weighted by Gasteiger charge is 2.28. The maximum absolute atomic E-state index is 13.5. The summed E-state index contributed by atoms with van der Waals surface area (Å²) in [4.78, 5) is 28.3. The number of carbonyl (C=O) groups is 1. The smallest absolute Gasteiger partial charge is 0.270 e. The zero-order valence-electron chi connectivity index (χ0n) is 20.5. The summed E-state index contributed by atoms with van der Waals surface area (Å²) < 4.78 is 7.19. The average Bonchev–Trinajstić information content (AvgIpc) is 3.24. The number of hydrogen-bond donors (Lipinski definition) is 0. The lowest BCUT2D eigenvalue weighted by atomic mass is 10.0. The van der Waals surface area contributed by atoms with Gasteiger partial charge in [0, 0.05) is 61.4 Å². The molecular weight excluding hydrogens is 482 g/mol. The summed E-state index contributed by atoms with van der Waals surface area (Å²) in [6, 6.07) is 13.4. The number of halogens is 1. The summed E-state index contributed by atoms with van der Waals surface area (Å²) in [6.45, 7) is 5.77. The van der Waals surface area contributed by atoms with Gasteiger partial charge in [-0.25, -0.2) is 4.68 Å². The van der Waals surface area contributed by atoms with E-state index in [1.54, 1.807) is 18.1 Å². The Morgan fingerprint density at radius 3 is 2.78 bits per heavy atom. The first kappa shape index (κ1) is 25.8. The predicted molar refractivity (Wildman–Crippen MR) is 138 cm³/mol. The third-order valence-corrected chi connectivity index (χ3v) is 6.54. The normalized spacial score (nSPS) is 13.4. The van der Waals surface area contributed by atoms with Crippen molar-refractivity contribution in [1.29, 1.82) is 0 Å². The minimum absolute atomic E-state index is 0.120. The quantitative estimate of drug-likeness (QED) is 0.294. The number of fused-ring (bicyclic) bond motifs is 1. The largest absolute Gasteiger partial charge is 0.383 e. The molecule has 0 spiro atoms. The lowest BCUT2D eigenvalue weighted by Crippen LogP contribution is -2.35. The highest BCUT2D eigenvalue weighted by molar-refractivity contribution is 6.30. The Morgan fingerprint density at radius 1 is 1.25 bits per heavy atom. The van der Waals surface area contributed by atoms with Crippen molar-refractivity contribution >= 4 is 23.2 Å². The molecule has 0 unspecified atom stereocenters. The molecule has 3 aromatic rings. The molecule has 0 radical (unpaired) electrons. The molecule has 0 N–H and O–H groups in total. The van der Waals surface area contributed by atoms with Crippen LogP contribution in [0.4, 0.5) is 5.69 Å². The van der Waals surface area contributed by atoms with Gasteiger partial charge in [0.1, 0.15) is 0 Å². The Bertz CT molecular complexity index is 1240. The SMILES string of the molecule is CCCN1CCc2c(c(CN(CCOC)C(=O)c3cccc([N+](=O)[O-])c3)nn2-c2cccc(Cl)c2)C1. The second-order valence-electron chi connectivity index (χ2n) is 8.82. The highest BCUT2D eigenvalue weighted by Crippen LogP contribution is 2.28. The van der Waals surface area contributed by atoms with Crippen molar-refractivity contribution in [3.8, 4) is 5.69 Å². The molecule has 9 nitrogen and oxygen atoms in total. The molecule has 0 fully saturated rings. The predicted octanol–water partition coefficient (Wildman–Crippen LogP) is 4.49. The minimum Gasteiger partial charge on any atom is -0.383 e. The Kier molecular flexibility index (Phi) is 8.35. The fourth-order valence-electron chi connectivity index (χ4n) is 4.57. The maximum atomic E-state index is 13.5. The van der Waals surface area contributed by atoms with Gasteiger partial charge >= 0.3 is 0 Å². The lowest BCUT2D eigenvalue weighted by Gasteiger charge is -2.28. The number of nitro benzene ring substituents is 1. The van der Waals surface area contributed by atoms with Gasteiger partial charge in [0.2, 0.25) is 0 Å². The van der Waals surface area contributed by atoms with Gasteiger partial charge in [0.05, 0.1) is 35.2 Å². The summed E-state index contributed by atoms with van der Waals surface area (Å²) in [5.74, 6) is -0.303. The molecule has 1 aromatic heterocycles. The molecule has 1 amide bonds.